The van der Waals surface area contributed by atoms with Gasteiger partial charge in [-0.2, -0.15) is 0 Å². The molecule has 2 aliphatic heterocycles. The second kappa shape index (κ2) is 10.0. The molecule has 0 radical (unpaired) electrons. The highest BCUT2D eigenvalue weighted by molar-refractivity contribution is 6.76. The van der Waals surface area contributed by atoms with Crippen molar-refractivity contribution >= 4 is 31.5 Å². The third-order valence-electron chi connectivity index (χ3n) is 5.90. The summed E-state index contributed by atoms with van der Waals surface area (Å²) in [6, 6.07) is 7.20. The molecular formula is C26H40N2O4Si. The van der Waals surface area contributed by atoms with Gasteiger partial charge in [0.2, 0.25) is 5.91 Å². The Bertz CT molecular complexity index is 914. The number of carbonyl (C=O) groups is 2. The van der Waals surface area contributed by atoms with E-state index in [4.69, 9.17) is 9.47 Å². The van der Waals surface area contributed by atoms with Gasteiger partial charge in [-0.05, 0) is 68.8 Å². The van der Waals surface area contributed by atoms with E-state index in [9.17, 15) is 9.59 Å². The fourth-order valence-corrected chi connectivity index (χ4v) is 4.82. The standard InChI is InChI=1S/C26H40N2O4Si/c1-19-8-11-22(27(17-19)25(30)32-26(2,3)4)20-9-12-23-21(16-20)10-13-24(29)28(23)18-31-14-15-33(5,6)7/h9,11-12,16,19H,8,10,13-15,17-18H2,1-7H3/t19-/m0/s1. The van der Waals surface area contributed by atoms with Gasteiger partial charge in [-0.1, -0.05) is 38.7 Å². The Morgan fingerprint density at radius 3 is 2.58 bits per heavy atom. The monoisotopic (exact) mass is 472 g/mol. The van der Waals surface area contributed by atoms with E-state index >= 15 is 0 Å². The lowest BCUT2D eigenvalue weighted by molar-refractivity contribution is -0.120. The molecule has 3 rings (SSSR count). The summed E-state index contributed by atoms with van der Waals surface area (Å²) in [4.78, 5) is 29.1. The van der Waals surface area contributed by atoms with E-state index in [1.165, 1.54) is 0 Å². The quantitative estimate of drug-likeness (QED) is 0.382. The predicted octanol–water partition coefficient (Wildman–Crippen LogP) is 5.90. The molecule has 0 saturated carbocycles. The second-order valence-electron chi connectivity index (χ2n) is 11.5. The van der Waals surface area contributed by atoms with Crippen LogP contribution < -0.4 is 4.90 Å². The highest BCUT2D eigenvalue weighted by atomic mass is 28.3. The number of hydrogen-bond donors (Lipinski definition) is 0. The molecule has 0 aliphatic carbocycles. The molecule has 2 aliphatic rings. The topological polar surface area (TPSA) is 59.1 Å². The van der Waals surface area contributed by atoms with Crippen molar-refractivity contribution in [2.75, 3.05) is 24.8 Å². The van der Waals surface area contributed by atoms with Crippen LogP contribution in [-0.4, -0.2) is 50.5 Å². The van der Waals surface area contributed by atoms with Crippen LogP contribution in [0.4, 0.5) is 10.5 Å². The third kappa shape index (κ3) is 6.93. The minimum atomic E-state index is -1.17. The highest BCUT2D eigenvalue weighted by Crippen LogP contribution is 2.34. The van der Waals surface area contributed by atoms with Crippen molar-refractivity contribution in [1.29, 1.82) is 0 Å². The second-order valence-corrected chi connectivity index (χ2v) is 17.2. The normalized spacial score (nSPS) is 19.3. The van der Waals surface area contributed by atoms with E-state index in [0.29, 0.717) is 38.6 Å². The molecule has 1 aromatic carbocycles. The van der Waals surface area contributed by atoms with Gasteiger partial charge < -0.3 is 9.47 Å². The summed E-state index contributed by atoms with van der Waals surface area (Å²) < 4.78 is 11.6. The number of amides is 2. The number of carbonyl (C=O) groups excluding carboxylic acids is 2. The third-order valence-corrected chi connectivity index (χ3v) is 7.61. The lowest BCUT2D eigenvalue weighted by Crippen LogP contribution is -2.40. The Kier molecular flexibility index (Phi) is 7.74. The Hall–Kier alpha value is -2.12. The molecule has 0 unspecified atom stereocenters. The summed E-state index contributed by atoms with van der Waals surface area (Å²) in [5.74, 6) is 0.477. The number of allylic oxidation sites excluding steroid dienone is 1. The summed E-state index contributed by atoms with van der Waals surface area (Å²) in [5.41, 5.74) is 3.36. The first-order chi connectivity index (χ1) is 15.3. The largest absolute Gasteiger partial charge is 0.443 e. The molecule has 182 valence electrons. The van der Waals surface area contributed by atoms with Crippen molar-refractivity contribution in [2.45, 2.75) is 78.2 Å². The molecule has 1 aromatic rings. The molecule has 1 atom stereocenters. The number of rotatable bonds is 6. The van der Waals surface area contributed by atoms with Gasteiger partial charge in [0.1, 0.15) is 12.3 Å². The van der Waals surface area contributed by atoms with E-state index in [0.717, 1.165) is 35.0 Å². The maximum atomic E-state index is 12.9. The Balaban J connectivity index is 1.80. The number of anilines is 1. The molecule has 0 bridgehead atoms. The lowest BCUT2D eigenvalue weighted by Gasteiger charge is -2.35. The number of nitrogens with zero attached hydrogens (tertiary/aromatic N) is 2. The average Bonchev–Trinajstić information content (AvgIpc) is 2.70. The summed E-state index contributed by atoms with van der Waals surface area (Å²) in [7, 11) is -1.17. The fourth-order valence-electron chi connectivity index (χ4n) is 4.07. The molecule has 2 amide bonds. The molecule has 7 heteroatoms. The summed E-state index contributed by atoms with van der Waals surface area (Å²) in [5, 5.41) is 0. The molecule has 33 heavy (non-hydrogen) atoms. The number of benzene rings is 1. The number of ether oxygens (including phenoxy) is 2. The van der Waals surface area contributed by atoms with E-state index in [-0.39, 0.29) is 12.0 Å². The predicted molar refractivity (Wildman–Crippen MR) is 136 cm³/mol. The first-order valence-electron chi connectivity index (χ1n) is 12.1. The van der Waals surface area contributed by atoms with Crippen LogP contribution in [0.5, 0.6) is 0 Å². The van der Waals surface area contributed by atoms with E-state index in [2.05, 4.69) is 38.7 Å². The molecule has 0 fully saturated rings. The maximum absolute atomic E-state index is 12.9. The van der Waals surface area contributed by atoms with Crippen LogP contribution in [0.2, 0.25) is 25.7 Å². The van der Waals surface area contributed by atoms with Crippen molar-refractivity contribution in [2.24, 2.45) is 5.92 Å². The van der Waals surface area contributed by atoms with Crippen molar-refractivity contribution in [3.63, 3.8) is 0 Å². The maximum Gasteiger partial charge on any atom is 0.414 e. The Labute approximate surface area is 199 Å². The SMILES string of the molecule is C[C@H]1CC=C(c2ccc3c(c2)CCC(=O)N3COCC[Si](C)(C)C)N(C(=O)OC(C)(C)C)C1. The van der Waals surface area contributed by atoms with Crippen LogP contribution in [-0.2, 0) is 20.7 Å². The van der Waals surface area contributed by atoms with Gasteiger partial charge in [-0.25, -0.2) is 4.79 Å². The minimum absolute atomic E-state index is 0.101. The van der Waals surface area contributed by atoms with Gasteiger partial charge in [0, 0.05) is 33.3 Å². The number of hydrogen-bond acceptors (Lipinski definition) is 4. The van der Waals surface area contributed by atoms with E-state index in [1.54, 1.807) is 9.80 Å². The van der Waals surface area contributed by atoms with Crippen LogP contribution in [0.25, 0.3) is 5.70 Å². The first kappa shape index (κ1) is 25.5. The summed E-state index contributed by atoms with van der Waals surface area (Å²) in [6.07, 6.45) is 3.90. The highest BCUT2D eigenvalue weighted by Gasteiger charge is 2.31. The van der Waals surface area contributed by atoms with Crippen molar-refractivity contribution in [1.82, 2.24) is 4.90 Å². The number of fused-ring (bicyclic) bond motifs is 1. The molecule has 0 N–H and O–H groups in total. The van der Waals surface area contributed by atoms with Gasteiger partial charge in [-0.15, -0.1) is 0 Å². The van der Waals surface area contributed by atoms with Crippen molar-refractivity contribution < 1.29 is 19.1 Å². The van der Waals surface area contributed by atoms with E-state index in [1.807, 2.05) is 32.9 Å². The van der Waals surface area contributed by atoms with Gasteiger partial charge in [0.15, 0.2) is 0 Å². The van der Waals surface area contributed by atoms with E-state index < -0.39 is 13.7 Å². The van der Waals surface area contributed by atoms with Gasteiger partial charge in [0.25, 0.3) is 0 Å². The molecule has 0 aromatic heterocycles. The smallest absolute Gasteiger partial charge is 0.414 e. The van der Waals surface area contributed by atoms with Gasteiger partial charge in [0.05, 0.1) is 5.70 Å². The van der Waals surface area contributed by atoms with Gasteiger partial charge >= 0.3 is 6.09 Å². The van der Waals surface area contributed by atoms with Crippen LogP contribution in [0.15, 0.2) is 24.3 Å². The molecule has 2 heterocycles. The first-order valence-corrected chi connectivity index (χ1v) is 15.8. The zero-order valence-electron chi connectivity index (χ0n) is 21.4. The summed E-state index contributed by atoms with van der Waals surface area (Å²) in [6.45, 7) is 16.4. The molecule has 6 nitrogen and oxygen atoms in total. The molecule has 0 saturated heterocycles. The average molecular weight is 473 g/mol. The van der Waals surface area contributed by atoms with Crippen LogP contribution in [0, 0.1) is 5.92 Å². The van der Waals surface area contributed by atoms with Crippen molar-refractivity contribution in [3.8, 4) is 0 Å². The minimum Gasteiger partial charge on any atom is -0.443 e. The zero-order chi connectivity index (χ0) is 24.4. The summed E-state index contributed by atoms with van der Waals surface area (Å²) >= 11 is 0. The fraction of sp³-hybridized carbons (Fsp3) is 0.615. The van der Waals surface area contributed by atoms with Gasteiger partial charge in [-0.3, -0.25) is 14.6 Å². The van der Waals surface area contributed by atoms with Crippen LogP contribution >= 0.6 is 0 Å². The molecular weight excluding hydrogens is 432 g/mol. The Morgan fingerprint density at radius 2 is 1.91 bits per heavy atom. The van der Waals surface area contributed by atoms with Crippen LogP contribution in [0.1, 0.15) is 51.7 Å². The van der Waals surface area contributed by atoms with Crippen LogP contribution in [0.3, 0.4) is 0 Å². The molecule has 0 spiro atoms. The van der Waals surface area contributed by atoms with Crippen molar-refractivity contribution in [3.05, 3.63) is 35.4 Å². The zero-order valence-corrected chi connectivity index (χ0v) is 22.4. The Morgan fingerprint density at radius 1 is 1.18 bits per heavy atom. The lowest BCUT2D eigenvalue weighted by atomic mass is 9.94. The number of aryl methyl sites for hydroxylation is 1.